The molecule has 0 aromatic heterocycles. The van der Waals surface area contributed by atoms with Gasteiger partial charge >= 0.3 is 0 Å². The third-order valence-corrected chi connectivity index (χ3v) is 5.91. The van der Waals surface area contributed by atoms with E-state index >= 15 is 0 Å². The van der Waals surface area contributed by atoms with E-state index in [1.807, 2.05) is 0 Å². The zero-order chi connectivity index (χ0) is 20.1. The van der Waals surface area contributed by atoms with E-state index in [9.17, 15) is 0 Å². The Kier molecular flexibility index (Phi) is 4.38. The van der Waals surface area contributed by atoms with E-state index < -0.39 is 5.60 Å². The highest BCUT2D eigenvalue weighted by Gasteiger charge is 2.39. The molecule has 1 aliphatic heterocycles. The molecule has 0 saturated heterocycles. The SMILES string of the molecule is CC1(C)Oc2cccc3c2-c2cc(ccc2C3(C)C)-c2ccccc21.CCC. The molecule has 1 heterocycles. The minimum atomic E-state index is -0.397. The lowest BCUT2D eigenvalue weighted by atomic mass is 9.81. The summed E-state index contributed by atoms with van der Waals surface area (Å²) in [5, 5.41) is 0. The molecule has 0 amide bonds. The van der Waals surface area contributed by atoms with Crippen LogP contribution in [-0.2, 0) is 11.0 Å². The Morgan fingerprint density at radius 2 is 1.39 bits per heavy atom. The van der Waals surface area contributed by atoms with Crippen molar-refractivity contribution in [1.82, 2.24) is 0 Å². The highest BCUT2D eigenvalue weighted by atomic mass is 16.5. The molecule has 0 fully saturated rings. The standard InChI is InChI=1S/C24H22O.C3H8/c1-23(2)18-13-12-15-14-17(18)22-20(23)10-7-11-21(22)25-24(3,4)19-9-6-5-8-16(15)19;1-3-2/h5-14H,1-4H3;3H2,1-2H3. The Morgan fingerprint density at radius 1 is 0.714 bits per heavy atom. The highest BCUT2D eigenvalue weighted by molar-refractivity contribution is 5.88. The van der Waals surface area contributed by atoms with Crippen molar-refractivity contribution in [2.75, 3.05) is 0 Å². The number of rotatable bonds is 0. The van der Waals surface area contributed by atoms with Crippen LogP contribution in [-0.4, -0.2) is 0 Å². The first-order valence-electron chi connectivity index (χ1n) is 10.4. The smallest absolute Gasteiger partial charge is 0.129 e. The van der Waals surface area contributed by atoms with E-state index in [4.69, 9.17) is 4.74 Å². The zero-order valence-corrected chi connectivity index (χ0v) is 17.9. The maximum Gasteiger partial charge on any atom is 0.129 e. The van der Waals surface area contributed by atoms with Crippen LogP contribution in [0, 0.1) is 0 Å². The predicted molar refractivity (Wildman–Crippen MR) is 119 cm³/mol. The summed E-state index contributed by atoms with van der Waals surface area (Å²) in [4.78, 5) is 0. The summed E-state index contributed by atoms with van der Waals surface area (Å²) >= 11 is 0. The summed E-state index contributed by atoms with van der Waals surface area (Å²) in [6.45, 7) is 13.2. The van der Waals surface area contributed by atoms with E-state index in [2.05, 4.69) is 102 Å². The van der Waals surface area contributed by atoms with Crippen molar-refractivity contribution < 1.29 is 4.74 Å². The number of benzene rings is 3. The lowest BCUT2D eigenvalue weighted by Crippen LogP contribution is -2.26. The van der Waals surface area contributed by atoms with Gasteiger partial charge in [0.05, 0.1) is 0 Å². The maximum atomic E-state index is 6.64. The quantitative estimate of drug-likeness (QED) is 0.394. The molecule has 0 atom stereocenters. The van der Waals surface area contributed by atoms with E-state index in [1.165, 1.54) is 45.4 Å². The molecule has 0 spiro atoms. The van der Waals surface area contributed by atoms with Gasteiger partial charge in [-0.2, -0.15) is 0 Å². The van der Waals surface area contributed by atoms with Crippen LogP contribution < -0.4 is 4.74 Å². The monoisotopic (exact) mass is 370 g/mol. The second-order valence-corrected chi connectivity index (χ2v) is 8.93. The van der Waals surface area contributed by atoms with Gasteiger partial charge in [0, 0.05) is 16.5 Å². The lowest BCUT2D eigenvalue weighted by molar-refractivity contribution is 0.110. The van der Waals surface area contributed by atoms with Crippen LogP contribution in [0.1, 0.15) is 64.7 Å². The van der Waals surface area contributed by atoms with Gasteiger partial charge in [0.25, 0.3) is 0 Å². The molecule has 0 saturated carbocycles. The third kappa shape index (κ3) is 2.68. The minimum Gasteiger partial charge on any atom is -0.482 e. The van der Waals surface area contributed by atoms with Gasteiger partial charge in [-0.05, 0) is 53.8 Å². The summed E-state index contributed by atoms with van der Waals surface area (Å²) < 4.78 is 6.64. The molecular formula is C27H30O. The Bertz CT molecular complexity index is 1040. The fraction of sp³-hybridized carbons (Fsp3) is 0.333. The predicted octanol–water partition coefficient (Wildman–Crippen LogP) is 7.70. The first-order chi connectivity index (χ1) is 13.3. The molecule has 0 unspecified atom stereocenters. The Hall–Kier alpha value is -2.54. The number of hydrogen-bond donors (Lipinski definition) is 0. The van der Waals surface area contributed by atoms with Crippen molar-refractivity contribution in [1.29, 1.82) is 0 Å². The van der Waals surface area contributed by atoms with Crippen LogP contribution in [0.15, 0.2) is 60.7 Å². The Morgan fingerprint density at radius 3 is 2.14 bits per heavy atom. The fourth-order valence-corrected chi connectivity index (χ4v) is 4.61. The van der Waals surface area contributed by atoms with Gasteiger partial charge in [-0.25, -0.2) is 0 Å². The van der Waals surface area contributed by atoms with Gasteiger partial charge in [-0.15, -0.1) is 0 Å². The first-order valence-corrected chi connectivity index (χ1v) is 10.4. The molecule has 1 aliphatic carbocycles. The topological polar surface area (TPSA) is 9.23 Å². The molecule has 28 heavy (non-hydrogen) atoms. The van der Waals surface area contributed by atoms with Crippen molar-refractivity contribution >= 4 is 0 Å². The average molecular weight is 371 g/mol. The molecule has 3 aromatic rings. The van der Waals surface area contributed by atoms with Crippen LogP contribution in [0.5, 0.6) is 5.75 Å². The van der Waals surface area contributed by atoms with E-state index in [0.29, 0.717) is 0 Å². The van der Waals surface area contributed by atoms with E-state index in [1.54, 1.807) is 0 Å². The van der Waals surface area contributed by atoms with Crippen LogP contribution in [0.4, 0.5) is 0 Å². The molecule has 2 bridgehead atoms. The van der Waals surface area contributed by atoms with Crippen LogP contribution in [0.3, 0.4) is 0 Å². The molecular weight excluding hydrogens is 340 g/mol. The molecule has 3 aromatic carbocycles. The summed E-state index contributed by atoms with van der Waals surface area (Å²) in [5.41, 5.74) is 8.70. The largest absolute Gasteiger partial charge is 0.482 e. The summed E-state index contributed by atoms with van der Waals surface area (Å²) in [6, 6.07) is 22.0. The van der Waals surface area contributed by atoms with Crippen molar-refractivity contribution in [3.8, 4) is 28.0 Å². The van der Waals surface area contributed by atoms with Crippen molar-refractivity contribution in [3.63, 3.8) is 0 Å². The Labute approximate surface area is 169 Å². The van der Waals surface area contributed by atoms with Crippen LogP contribution >= 0.6 is 0 Å². The molecule has 5 rings (SSSR count). The van der Waals surface area contributed by atoms with E-state index in [-0.39, 0.29) is 5.41 Å². The summed E-state index contributed by atoms with van der Waals surface area (Å²) in [6.07, 6.45) is 1.25. The van der Waals surface area contributed by atoms with Crippen LogP contribution in [0.25, 0.3) is 22.3 Å². The van der Waals surface area contributed by atoms with Crippen molar-refractivity contribution in [3.05, 3.63) is 77.4 Å². The number of hydrogen-bond acceptors (Lipinski definition) is 1. The number of ether oxygens (including phenoxy) is 1. The lowest BCUT2D eigenvalue weighted by Gasteiger charge is -2.30. The fourth-order valence-electron chi connectivity index (χ4n) is 4.61. The third-order valence-electron chi connectivity index (χ3n) is 5.91. The molecule has 1 nitrogen and oxygen atoms in total. The number of fused-ring (bicyclic) bond motifs is 3. The normalized spacial score (nSPS) is 16.5. The molecule has 1 heteroatoms. The summed E-state index contributed by atoms with van der Waals surface area (Å²) in [5.74, 6) is 0.989. The van der Waals surface area contributed by atoms with Crippen molar-refractivity contribution in [2.24, 2.45) is 0 Å². The van der Waals surface area contributed by atoms with Crippen molar-refractivity contribution in [2.45, 2.75) is 59.0 Å². The van der Waals surface area contributed by atoms with Gasteiger partial charge < -0.3 is 4.74 Å². The Balaban J connectivity index is 0.000000604. The molecule has 0 radical (unpaired) electrons. The second kappa shape index (κ2) is 6.51. The molecule has 0 N–H and O–H groups in total. The second-order valence-electron chi connectivity index (χ2n) is 8.93. The van der Waals surface area contributed by atoms with Crippen LogP contribution in [0.2, 0.25) is 0 Å². The summed E-state index contributed by atoms with van der Waals surface area (Å²) in [7, 11) is 0. The van der Waals surface area contributed by atoms with Gasteiger partial charge in [-0.3, -0.25) is 0 Å². The zero-order valence-electron chi connectivity index (χ0n) is 17.9. The molecule has 144 valence electrons. The van der Waals surface area contributed by atoms with Gasteiger partial charge in [0.2, 0.25) is 0 Å². The maximum absolute atomic E-state index is 6.64. The average Bonchev–Trinajstić information content (AvgIpc) is 2.91. The highest BCUT2D eigenvalue weighted by Crippen LogP contribution is 2.54. The van der Waals surface area contributed by atoms with Gasteiger partial charge in [0.1, 0.15) is 11.4 Å². The minimum absolute atomic E-state index is 0.00538. The first kappa shape index (κ1) is 18.8. The van der Waals surface area contributed by atoms with Gasteiger partial charge in [-0.1, -0.05) is 82.6 Å². The van der Waals surface area contributed by atoms with Gasteiger partial charge in [0.15, 0.2) is 0 Å². The van der Waals surface area contributed by atoms with E-state index in [0.717, 1.165) is 5.75 Å². The molecule has 2 aliphatic rings.